The van der Waals surface area contributed by atoms with Crippen LogP contribution >= 0.6 is 0 Å². The molecule has 0 spiro atoms. The van der Waals surface area contributed by atoms with Crippen LogP contribution in [0.1, 0.15) is 41.5 Å². The van der Waals surface area contributed by atoms with Crippen LogP contribution in [-0.4, -0.2) is 62.8 Å². The Morgan fingerprint density at radius 3 is 2.10 bits per heavy atom. The van der Waals surface area contributed by atoms with Gasteiger partial charge in [-0.1, -0.05) is 72.8 Å². The largest absolute Gasteiger partial charge is 0.497 e. The van der Waals surface area contributed by atoms with Gasteiger partial charge in [-0.3, -0.25) is 9.59 Å². The number of nitrogens with zero attached hydrogens (tertiary/aromatic N) is 2. The molecule has 0 radical (unpaired) electrons. The number of ether oxygens (including phenoxy) is 2. The third-order valence-electron chi connectivity index (χ3n) is 8.68. The van der Waals surface area contributed by atoms with Crippen molar-refractivity contribution < 1.29 is 27.5 Å². The first kappa shape index (κ1) is 34.7. The van der Waals surface area contributed by atoms with Gasteiger partial charge in [-0.2, -0.15) is 4.31 Å². The van der Waals surface area contributed by atoms with Crippen molar-refractivity contribution in [3.8, 4) is 11.5 Å². The van der Waals surface area contributed by atoms with Gasteiger partial charge >= 0.3 is 0 Å². The van der Waals surface area contributed by atoms with Crippen molar-refractivity contribution in [3.05, 3.63) is 125 Å². The Labute approximate surface area is 283 Å². The Balaban J connectivity index is 1.38. The highest BCUT2D eigenvalue weighted by Gasteiger charge is 2.31. The lowest BCUT2D eigenvalue weighted by Gasteiger charge is -2.32. The number of para-hydroxylation sites is 1. The molecule has 2 amide bonds. The van der Waals surface area contributed by atoms with Crippen LogP contribution in [0.3, 0.4) is 0 Å². The van der Waals surface area contributed by atoms with Crippen LogP contribution in [0.15, 0.2) is 108 Å². The third kappa shape index (κ3) is 8.81. The number of amides is 2. The van der Waals surface area contributed by atoms with E-state index in [1.165, 1.54) is 4.31 Å². The number of hydrogen-bond acceptors (Lipinski definition) is 6. The van der Waals surface area contributed by atoms with E-state index >= 15 is 0 Å². The quantitative estimate of drug-likeness (QED) is 0.182. The highest BCUT2D eigenvalue weighted by Crippen LogP contribution is 2.23. The number of rotatable bonds is 15. The van der Waals surface area contributed by atoms with Crippen molar-refractivity contribution in [2.45, 2.75) is 56.1 Å². The Bertz CT molecular complexity index is 1760. The maximum Gasteiger partial charge on any atom is 0.243 e. The minimum Gasteiger partial charge on any atom is -0.497 e. The average Bonchev–Trinajstić information content (AvgIpc) is 3.68. The SMILES string of the molecule is COc1ccc(CN(C(=O)CCc2ccc(S(=O)(=O)N3CCCC3)cc2)[C@@H](Cc2ccccc2)C(=O)NCc2ccccc2OC)cc1. The second-order valence-electron chi connectivity index (χ2n) is 11.9. The zero-order valence-corrected chi connectivity index (χ0v) is 28.3. The van der Waals surface area contributed by atoms with E-state index in [1.807, 2.05) is 78.9 Å². The van der Waals surface area contributed by atoms with Gasteiger partial charge in [0.15, 0.2) is 0 Å². The molecule has 0 saturated carbocycles. The summed E-state index contributed by atoms with van der Waals surface area (Å²) >= 11 is 0. The van der Waals surface area contributed by atoms with Gasteiger partial charge in [-0.05, 0) is 66.3 Å². The fourth-order valence-electron chi connectivity index (χ4n) is 5.93. The van der Waals surface area contributed by atoms with Crippen LogP contribution < -0.4 is 14.8 Å². The Kier molecular flexibility index (Phi) is 11.9. The molecule has 4 aromatic rings. The molecule has 252 valence electrons. The molecule has 1 saturated heterocycles. The van der Waals surface area contributed by atoms with Gasteiger partial charge in [0.25, 0.3) is 0 Å². The molecule has 10 heteroatoms. The van der Waals surface area contributed by atoms with Crippen molar-refractivity contribution in [1.82, 2.24) is 14.5 Å². The van der Waals surface area contributed by atoms with E-state index in [1.54, 1.807) is 43.4 Å². The number of methoxy groups -OCH3 is 2. The molecule has 1 atom stereocenters. The second-order valence-corrected chi connectivity index (χ2v) is 13.8. The van der Waals surface area contributed by atoms with Crippen molar-refractivity contribution in [2.75, 3.05) is 27.3 Å². The molecule has 5 rings (SSSR count). The lowest BCUT2D eigenvalue weighted by molar-refractivity contribution is -0.141. The number of carbonyl (C=O) groups is 2. The van der Waals surface area contributed by atoms with E-state index in [0.29, 0.717) is 37.4 Å². The number of nitrogens with one attached hydrogen (secondary N) is 1. The van der Waals surface area contributed by atoms with E-state index in [9.17, 15) is 18.0 Å². The number of benzene rings is 4. The highest BCUT2D eigenvalue weighted by molar-refractivity contribution is 7.89. The summed E-state index contributed by atoms with van der Waals surface area (Å²) in [5, 5.41) is 3.06. The van der Waals surface area contributed by atoms with E-state index in [4.69, 9.17) is 9.47 Å². The molecule has 1 aliphatic heterocycles. The predicted octanol–water partition coefficient (Wildman–Crippen LogP) is 5.38. The molecule has 1 fully saturated rings. The first-order chi connectivity index (χ1) is 23.3. The second kappa shape index (κ2) is 16.4. The maximum atomic E-state index is 14.2. The van der Waals surface area contributed by atoms with Crippen molar-refractivity contribution in [1.29, 1.82) is 0 Å². The molecular weight excluding hydrogens is 627 g/mol. The van der Waals surface area contributed by atoms with E-state index < -0.39 is 16.1 Å². The summed E-state index contributed by atoms with van der Waals surface area (Å²) in [4.78, 5) is 30.1. The van der Waals surface area contributed by atoms with Crippen LogP contribution in [0.25, 0.3) is 0 Å². The van der Waals surface area contributed by atoms with Gasteiger partial charge in [0.2, 0.25) is 21.8 Å². The standard InChI is InChI=1S/C38H43N3O6S/c1-46-33-19-14-31(15-20-33)28-41(37(42)23-18-29-16-21-34(22-17-29)48(44,45)40-24-8-9-25-40)35(26-30-10-4-3-5-11-30)38(43)39-27-32-12-6-7-13-36(32)47-2/h3-7,10-17,19-22,35H,8-9,18,23-28H2,1-2H3,(H,39,43)/t35-/m0/s1. The number of aryl methyl sites for hydroxylation is 1. The lowest BCUT2D eigenvalue weighted by atomic mass is 10.0. The molecule has 0 unspecified atom stereocenters. The van der Waals surface area contributed by atoms with Gasteiger partial charge in [0.05, 0.1) is 19.1 Å². The van der Waals surface area contributed by atoms with E-state index in [-0.39, 0.29) is 36.2 Å². The first-order valence-corrected chi connectivity index (χ1v) is 17.7. The van der Waals surface area contributed by atoms with Gasteiger partial charge in [0, 0.05) is 44.6 Å². The topological polar surface area (TPSA) is 105 Å². The molecule has 0 aromatic heterocycles. The summed E-state index contributed by atoms with van der Waals surface area (Å²) in [5.74, 6) is 0.904. The summed E-state index contributed by atoms with van der Waals surface area (Å²) in [6, 6.07) is 30.6. The molecule has 0 bridgehead atoms. The van der Waals surface area contributed by atoms with Crippen molar-refractivity contribution >= 4 is 21.8 Å². The minimum absolute atomic E-state index is 0.138. The molecule has 1 N–H and O–H groups in total. The molecule has 4 aromatic carbocycles. The number of hydrogen-bond donors (Lipinski definition) is 1. The Morgan fingerprint density at radius 2 is 1.44 bits per heavy atom. The van der Waals surface area contributed by atoms with Gasteiger partial charge in [-0.15, -0.1) is 0 Å². The van der Waals surface area contributed by atoms with Crippen molar-refractivity contribution in [2.24, 2.45) is 0 Å². The molecule has 1 aliphatic rings. The summed E-state index contributed by atoms with van der Waals surface area (Å²) in [7, 11) is -0.334. The molecule has 0 aliphatic carbocycles. The Hall–Kier alpha value is -4.67. The van der Waals surface area contributed by atoms with Gasteiger partial charge < -0.3 is 19.7 Å². The zero-order chi connectivity index (χ0) is 33.9. The molecular formula is C38H43N3O6S. The third-order valence-corrected chi connectivity index (χ3v) is 10.6. The number of carbonyl (C=O) groups excluding carboxylic acids is 2. The van der Waals surface area contributed by atoms with Crippen LogP contribution in [-0.2, 0) is 45.5 Å². The smallest absolute Gasteiger partial charge is 0.243 e. The van der Waals surface area contributed by atoms with Crippen LogP contribution in [0, 0.1) is 0 Å². The minimum atomic E-state index is -3.52. The summed E-state index contributed by atoms with van der Waals surface area (Å²) in [5.41, 5.74) is 3.46. The normalized spacial score (nSPS) is 13.9. The summed E-state index contributed by atoms with van der Waals surface area (Å²) in [6.45, 7) is 1.54. The molecule has 9 nitrogen and oxygen atoms in total. The fourth-order valence-corrected chi connectivity index (χ4v) is 7.45. The predicted molar refractivity (Wildman–Crippen MR) is 185 cm³/mol. The van der Waals surface area contributed by atoms with Gasteiger partial charge in [0.1, 0.15) is 17.5 Å². The lowest BCUT2D eigenvalue weighted by Crippen LogP contribution is -2.50. The monoisotopic (exact) mass is 669 g/mol. The fraction of sp³-hybridized carbons (Fsp3) is 0.316. The van der Waals surface area contributed by atoms with E-state index in [2.05, 4.69) is 5.32 Å². The summed E-state index contributed by atoms with van der Waals surface area (Å²) in [6.07, 6.45) is 2.60. The van der Waals surface area contributed by atoms with Gasteiger partial charge in [-0.25, -0.2) is 8.42 Å². The van der Waals surface area contributed by atoms with Crippen LogP contribution in [0.4, 0.5) is 0 Å². The zero-order valence-electron chi connectivity index (χ0n) is 27.5. The Morgan fingerprint density at radius 1 is 0.792 bits per heavy atom. The highest BCUT2D eigenvalue weighted by atomic mass is 32.2. The van der Waals surface area contributed by atoms with Crippen LogP contribution in [0.5, 0.6) is 11.5 Å². The van der Waals surface area contributed by atoms with Crippen molar-refractivity contribution in [3.63, 3.8) is 0 Å². The van der Waals surface area contributed by atoms with Crippen LogP contribution in [0.2, 0.25) is 0 Å². The summed E-state index contributed by atoms with van der Waals surface area (Å²) < 4.78 is 38.3. The first-order valence-electron chi connectivity index (χ1n) is 16.2. The number of sulfonamides is 1. The average molecular weight is 670 g/mol. The maximum absolute atomic E-state index is 14.2. The van der Waals surface area contributed by atoms with E-state index in [0.717, 1.165) is 35.1 Å². The molecule has 1 heterocycles. The molecule has 48 heavy (non-hydrogen) atoms.